The highest BCUT2D eigenvalue weighted by atomic mass is 16.2. The topological polar surface area (TPSA) is 55.2 Å². The van der Waals surface area contributed by atoms with Crippen LogP contribution in [0.25, 0.3) is 32.9 Å². The van der Waals surface area contributed by atoms with Gasteiger partial charge in [0.25, 0.3) is 5.56 Å². The summed E-state index contributed by atoms with van der Waals surface area (Å²) in [6.45, 7) is 0. The van der Waals surface area contributed by atoms with E-state index < -0.39 is 0 Å². The van der Waals surface area contributed by atoms with Gasteiger partial charge in [-0.25, -0.2) is 0 Å². The molecule has 1 saturated carbocycles. The van der Waals surface area contributed by atoms with Crippen LogP contribution in [0.5, 0.6) is 0 Å². The first-order valence-electron chi connectivity index (χ1n) is 9.81. The Kier molecular flexibility index (Phi) is 3.02. The van der Waals surface area contributed by atoms with Crippen molar-refractivity contribution in [2.75, 3.05) is 11.9 Å². The molecule has 29 heavy (non-hydrogen) atoms. The van der Waals surface area contributed by atoms with Gasteiger partial charge in [0.1, 0.15) is 0 Å². The molecule has 2 aromatic carbocycles. The van der Waals surface area contributed by atoms with Gasteiger partial charge in [-0.3, -0.25) is 14.6 Å². The lowest BCUT2D eigenvalue weighted by molar-refractivity contribution is -0.119. The summed E-state index contributed by atoms with van der Waals surface area (Å²) in [5, 5.41) is 2.09. The molecule has 0 atom stereocenters. The predicted octanol–water partition coefficient (Wildman–Crippen LogP) is 3.76. The SMILES string of the molecule is CN1C(=O)C2(CC2)c2c1cnc1ccc(-c3ccc4c(ccc(=O)n4C)c3)cc21. The molecule has 1 fully saturated rings. The van der Waals surface area contributed by atoms with Crippen LogP contribution in [0.2, 0.25) is 0 Å². The molecule has 4 aromatic rings. The zero-order valence-corrected chi connectivity index (χ0v) is 16.3. The van der Waals surface area contributed by atoms with Crippen molar-refractivity contribution in [2.24, 2.45) is 7.05 Å². The van der Waals surface area contributed by atoms with Crippen molar-refractivity contribution in [1.82, 2.24) is 9.55 Å². The summed E-state index contributed by atoms with van der Waals surface area (Å²) in [7, 11) is 3.64. The van der Waals surface area contributed by atoms with E-state index in [1.165, 1.54) is 0 Å². The molecule has 5 heteroatoms. The molecular weight excluding hydrogens is 362 g/mol. The predicted molar refractivity (Wildman–Crippen MR) is 114 cm³/mol. The van der Waals surface area contributed by atoms with Gasteiger partial charge in [0, 0.05) is 31.1 Å². The van der Waals surface area contributed by atoms with Crippen LogP contribution in [0.15, 0.2) is 59.5 Å². The van der Waals surface area contributed by atoms with E-state index in [1.807, 2.05) is 37.5 Å². The van der Waals surface area contributed by atoms with Crippen molar-refractivity contribution in [1.29, 1.82) is 0 Å². The second-order valence-corrected chi connectivity index (χ2v) is 8.20. The minimum absolute atomic E-state index is 0.0129. The molecule has 1 spiro atoms. The number of aromatic nitrogens is 2. The number of likely N-dealkylation sites (N-methyl/N-ethyl adjacent to an activating group) is 1. The lowest BCUT2D eigenvalue weighted by Gasteiger charge is -2.12. The highest BCUT2D eigenvalue weighted by Gasteiger charge is 2.59. The van der Waals surface area contributed by atoms with Crippen LogP contribution in [-0.2, 0) is 17.3 Å². The van der Waals surface area contributed by atoms with Gasteiger partial charge in [-0.05, 0) is 59.7 Å². The molecule has 3 heterocycles. The van der Waals surface area contributed by atoms with Crippen molar-refractivity contribution >= 4 is 33.4 Å². The number of pyridine rings is 2. The smallest absolute Gasteiger partial charge is 0.250 e. The van der Waals surface area contributed by atoms with Crippen LogP contribution in [0.4, 0.5) is 5.69 Å². The van der Waals surface area contributed by atoms with E-state index in [9.17, 15) is 9.59 Å². The summed E-state index contributed by atoms with van der Waals surface area (Å²) in [4.78, 5) is 31.1. The molecule has 0 bridgehead atoms. The molecule has 6 rings (SSSR count). The Labute approximate surface area is 167 Å². The molecule has 0 radical (unpaired) electrons. The quantitative estimate of drug-likeness (QED) is 0.504. The van der Waals surface area contributed by atoms with E-state index in [0.29, 0.717) is 0 Å². The molecular formula is C24H19N3O2. The fourth-order valence-electron chi connectivity index (χ4n) is 4.81. The summed E-state index contributed by atoms with van der Waals surface area (Å²) in [5.41, 5.74) is 5.72. The maximum absolute atomic E-state index is 12.8. The van der Waals surface area contributed by atoms with Gasteiger partial charge in [-0.15, -0.1) is 0 Å². The van der Waals surface area contributed by atoms with Crippen molar-refractivity contribution in [2.45, 2.75) is 18.3 Å². The van der Waals surface area contributed by atoms with Crippen LogP contribution < -0.4 is 10.5 Å². The number of nitrogens with zero attached hydrogens (tertiary/aromatic N) is 3. The number of rotatable bonds is 1. The maximum Gasteiger partial charge on any atom is 0.250 e. The first kappa shape index (κ1) is 16.5. The van der Waals surface area contributed by atoms with Crippen LogP contribution in [-0.4, -0.2) is 22.5 Å². The molecule has 0 saturated heterocycles. The largest absolute Gasteiger partial charge is 0.313 e. The van der Waals surface area contributed by atoms with Crippen molar-refractivity contribution in [3.05, 3.63) is 70.6 Å². The second kappa shape index (κ2) is 5.32. The molecule has 1 amide bonds. The standard InChI is InChI=1S/C24H19N3O2/c1-26-19-7-4-14(11-16(19)5-8-21(26)28)15-3-6-18-17(12-15)22-20(13-25-18)27(2)23(29)24(22)9-10-24/h3-8,11-13H,9-10H2,1-2H3. The Morgan fingerprint density at radius 2 is 1.69 bits per heavy atom. The monoisotopic (exact) mass is 381 g/mol. The number of fused-ring (bicyclic) bond motifs is 5. The zero-order chi connectivity index (χ0) is 19.9. The fourth-order valence-corrected chi connectivity index (χ4v) is 4.81. The average Bonchev–Trinajstić information content (AvgIpc) is 3.52. The van der Waals surface area contributed by atoms with Crippen LogP contribution in [0, 0.1) is 0 Å². The first-order chi connectivity index (χ1) is 14.0. The molecule has 0 N–H and O–H groups in total. The van der Waals surface area contributed by atoms with E-state index in [-0.39, 0.29) is 16.9 Å². The van der Waals surface area contributed by atoms with Crippen molar-refractivity contribution < 1.29 is 4.79 Å². The van der Waals surface area contributed by atoms with Crippen molar-refractivity contribution in [3.63, 3.8) is 0 Å². The first-order valence-corrected chi connectivity index (χ1v) is 9.81. The molecule has 2 aromatic heterocycles. The number of carbonyl (C=O) groups excluding carboxylic acids is 1. The molecule has 0 unspecified atom stereocenters. The second-order valence-electron chi connectivity index (χ2n) is 8.20. The molecule has 142 valence electrons. The molecule has 5 nitrogen and oxygen atoms in total. The highest BCUT2D eigenvalue weighted by molar-refractivity contribution is 6.14. The summed E-state index contributed by atoms with van der Waals surface area (Å²) in [6, 6.07) is 15.9. The van der Waals surface area contributed by atoms with E-state index in [2.05, 4.69) is 23.2 Å². The van der Waals surface area contributed by atoms with Crippen LogP contribution in [0.1, 0.15) is 18.4 Å². The summed E-state index contributed by atoms with van der Waals surface area (Å²) in [5.74, 6) is 0.193. The van der Waals surface area contributed by atoms with Crippen LogP contribution >= 0.6 is 0 Å². The van der Waals surface area contributed by atoms with Gasteiger partial charge >= 0.3 is 0 Å². The minimum Gasteiger partial charge on any atom is -0.313 e. The van der Waals surface area contributed by atoms with E-state index in [4.69, 9.17) is 0 Å². The van der Waals surface area contributed by atoms with Gasteiger partial charge in [-0.2, -0.15) is 0 Å². The number of hydrogen-bond acceptors (Lipinski definition) is 3. The van der Waals surface area contributed by atoms with Gasteiger partial charge in [-0.1, -0.05) is 12.1 Å². The third kappa shape index (κ3) is 2.07. The molecule has 2 aliphatic rings. The summed E-state index contributed by atoms with van der Waals surface area (Å²) >= 11 is 0. The lowest BCUT2D eigenvalue weighted by atomic mass is 9.92. The normalized spacial score (nSPS) is 16.8. The highest BCUT2D eigenvalue weighted by Crippen LogP contribution is 2.58. The Morgan fingerprint density at radius 3 is 2.48 bits per heavy atom. The van der Waals surface area contributed by atoms with Crippen molar-refractivity contribution in [3.8, 4) is 11.1 Å². The van der Waals surface area contributed by atoms with Crippen LogP contribution in [0.3, 0.4) is 0 Å². The fraction of sp³-hybridized carbons (Fsp3) is 0.208. The lowest BCUT2D eigenvalue weighted by Crippen LogP contribution is -2.28. The minimum atomic E-state index is -0.342. The van der Waals surface area contributed by atoms with Gasteiger partial charge in [0.15, 0.2) is 0 Å². The third-order valence-electron chi connectivity index (χ3n) is 6.61. The molecule has 1 aliphatic carbocycles. The van der Waals surface area contributed by atoms with E-state index >= 15 is 0 Å². The number of benzene rings is 2. The summed E-state index contributed by atoms with van der Waals surface area (Å²) in [6.07, 6.45) is 3.66. The average molecular weight is 381 g/mol. The third-order valence-corrected chi connectivity index (χ3v) is 6.61. The Balaban J connectivity index is 1.58. The molecule has 1 aliphatic heterocycles. The number of amides is 1. The van der Waals surface area contributed by atoms with Gasteiger partial charge < -0.3 is 9.47 Å². The number of aryl methyl sites for hydroxylation is 1. The Bertz CT molecular complexity index is 1430. The number of anilines is 1. The zero-order valence-electron chi connectivity index (χ0n) is 16.3. The number of hydrogen-bond donors (Lipinski definition) is 0. The van der Waals surface area contributed by atoms with Gasteiger partial charge in [0.2, 0.25) is 5.91 Å². The summed E-state index contributed by atoms with van der Waals surface area (Å²) < 4.78 is 1.66. The number of carbonyl (C=O) groups is 1. The Hall–Kier alpha value is -3.47. The van der Waals surface area contributed by atoms with E-state index in [1.54, 1.807) is 22.6 Å². The Morgan fingerprint density at radius 1 is 0.931 bits per heavy atom. The van der Waals surface area contributed by atoms with E-state index in [0.717, 1.165) is 57.0 Å². The van der Waals surface area contributed by atoms with Gasteiger partial charge in [0.05, 0.1) is 28.3 Å². The maximum atomic E-state index is 12.8.